The molecule has 242 valence electrons. The Hall–Kier alpha value is -3.81. The Labute approximate surface area is 272 Å². The monoisotopic (exact) mass is 682 g/mol. The summed E-state index contributed by atoms with van der Waals surface area (Å²) in [4.78, 5) is 54.0. The van der Waals surface area contributed by atoms with Crippen LogP contribution in [0.1, 0.15) is 53.9 Å². The second-order valence-corrected chi connectivity index (χ2v) is 12.4. The normalized spacial score (nSPS) is 13.7. The van der Waals surface area contributed by atoms with Gasteiger partial charge in [0, 0.05) is 49.5 Å². The highest BCUT2D eigenvalue weighted by Crippen LogP contribution is 2.49. The zero-order chi connectivity index (χ0) is 33.0. The molecule has 0 saturated heterocycles. The van der Waals surface area contributed by atoms with Crippen molar-refractivity contribution in [1.29, 1.82) is 0 Å². The molecule has 3 aromatic rings. The summed E-state index contributed by atoms with van der Waals surface area (Å²) in [6, 6.07) is 3.32. The van der Waals surface area contributed by atoms with Gasteiger partial charge in [0.25, 0.3) is 5.88 Å². The smallest absolute Gasteiger partial charge is 0.306 e. The van der Waals surface area contributed by atoms with Crippen molar-refractivity contribution in [2.75, 3.05) is 27.4 Å². The fourth-order valence-corrected chi connectivity index (χ4v) is 6.29. The van der Waals surface area contributed by atoms with E-state index in [0.29, 0.717) is 38.4 Å². The van der Waals surface area contributed by atoms with Crippen molar-refractivity contribution in [2.45, 2.75) is 46.2 Å². The minimum atomic E-state index is -1.05. The molecule has 0 radical (unpaired) electrons. The number of fused-ring (bicyclic) bond motifs is 2. The predicted molar refractivity (Wildman–Crippen MR) is 166 cm³/mol. The minimum Gasteiger partial charge on any atom is -0.491 e. The molecule has 0 spiro atoms. The van der Waals surface area contributed by atoms with Crippen molar-refractivity contribution in [3.63, 3.8) is 0 Å². The average Bonchev–Trinajstić information content (AvgIpc) is 3.64. The number of thiophene rings is 1. The van der Waals surface area contributed by atoms with Crippen LogP contribution in [0.5, 0.6) is 23.1 Å². The molecule has 2 aromatic heterocycles. The molecule has 1 amide bonds. The van der Waals surface area contributed by atoms with Gasteiger partial charge in [-0.2, -0.15) is 0 Å². The van der Waals surface area contributed by atoms with Crippen molar-refractivity contribution < 1.29 is 48.3 Å². The van der Waals surface area contributed by atoms with Crippen molar-refractivity contribution >= 4 is 68.4 Å². The lowest BCUT2D eigenvalue weighted by atomic mass is 10.0. The lowest BCUT2D eigenvalue weighted by molar-refractivity contribution is -0.145. The topological polar surface area (TPSA) is 162 Å². The molecule has 1 aliphatic rings. The third kappa shape index (κ3) is 7.54. The number of carboxylic acids is 2. The van der Waals surface area contributed by atoms with Gasteiger partial charge in [-0.3, -0.25) is 19.2 Å². The van der Waals surface area contributed by atoms with Crippen molar-refractivity contribution in [1.82, 2.24) is 9.88 Å². The molecule has 3 heterocycles. The third-order valence-electron chi connectivity index (χ3n) is 7.27. The largest absolute Gasteiger partial charge is 0.491 e. The van der Waals surface area contributed by atoms with E-state index in [4.69, 9.17) is 52.4 Å². The van der Waals surface area contributed by atoms with Gasteiger partial charge >= 0.3 is 11.9 Å². The number of benzene rings is 1. The van der Waals surface area contributed by atoms with E-state index in [0.717, 1.165) is 0 Å². The number of hydrogen-bond acceptors (Lipinski definition) is 10. The molecule has 45 heavy (non-hydrogen) atoms. The number of halogens is 2. The van der Waals surface area contributed by atoms with Gasteiger partial charge in [-0.25, -0.2) is 4.98 Å². The Kier molecular flexibility index (Phi) is 11.0. The first-order chi connectivity index (χ1) is 21.4. The molecule has 0 unspecified atom stereocenters. The van der Waals surface area contributed by atoms with Gasteiger partial charge in [-0.15, -0.1) is 11.3 Å². The number of carbonyl (C=O) groups is 4. The number of carboxylic acid groups (broad SMARTS) is 2. The summed E-state index contributed by atoms with van der Waals surface area (Å²) in [7, 11) is 2.90. The van der Waals surface area contributed by atoms with Crippen molar-refractivity contribution in [2.24, 2.45) is 11.8 Å². The molecular weight excluding hydrogens is 651 g/mol. The van der Waals surface area contributed by atoms with Gasteiger partial charge in [-0.05, 0) is 6.07 Å². The maximum atomic E-state index is 12.7. The number of Topliss-reactive ketones (excluding diaryl/α,β-unsaturated/α-hetero) is 1. The van der Waals surface area contributed by atoms with Gasteiger partial charge in [0.2, 0.25) is 5.91 Å². The van der Waals surface area contributed by atoms with E-state index in [9.17, 15) is 19.2 Å². The van der Waals surface area contributed by atoms with Gasteiger partial charge in [-0.1, -0.05) is 37.0 Å². The maximum absolute atomic E-state index is 12.7. The van der Waals surface area contributed by atoms with Gasteiger partial charge < -0.3 is 34.1 Å². The molecule has 0 saturated carbocycles. The van der Waals surface area contributed by atoms with E-state index >= 15 is 0 Å². The Morgan fingerprint density at radius 1 is 0.911 bits per heavy atom. The first-order valence-corrected chi connectivity index (χ1v) is 15.5. The predicted octanol–water partition coefficient (Wildman–Crippen LogP) is 5.71. The Bertz CT molecular complexity index is 1640. The van der Waals surface area contributed by atoms with Crippen LogP contribution in [0.4, 0.5) is 0 Å². The lowest BCUT2D eigenvalue weighted by Gasteiger charge is -2.17. The standard InChI is InChI=1S/C30H32Cl2N2O10S/c1-14(29(37)38)8-19(35)22-10-18-21(45-22)11-20(41-3)28(33-18)44-7-5-6-43-27-25(32)17-13-34(23(36)9-15(2)30(39)40)12-16(17)24(31)26(27)42-4/h10-11,14-15H,5-9,12-13H2,1-4H3,(H,37,38)(H,39,40)/t14-,15-/m0/s1. The number of rotatable bonds is 15. The van der Waals surface area contributed by atoms with E-state index < -0.39 is 23.8 Å². The molecular formula is C30H32Cl2N2O10S. The number of ether oxygens (including phenoxy) is 4. The SMILES string of the molecule is COc1cc2sc(C(=O)C[C@H](C)C(=O)O)cc2nc1OCCCOc1c(Cl)c2c(c(Cl)c1OC)CN(C(=O)C[C@H](C)C(=O)O)C2. The van der Waals surface area contributed by atoms with Crippen LogP contribution < -0.4 is 18.9 Å². The number of amides is 1. The van der Waals surface area contributed by atoms with E-state index in [2.05, 4.69) is 4.98 Å². The molecule has 2 N–H and O–H groups in total. The summed E-state index contributed by atoms with van der Waals surface area (Å²) in [6.45, 7) is 3.63. The van der Waals surface area contributed by atoms with Crippen LogP contribution >= 0.6 is 34.5 Å². The summed E-state index contributed by atoms with van der Waals surface area (Å²) in [5.74, 6) is -3.28. The van der Waals surface area contributed by atoms with Crippen LogP contribution in [0.3, 0.4) is 0 Å². The Morgan fingerprint density at radius 3 is 2.11 bits per heavy atom. The lowest BCUT2D eigenvalue weighted by Crippen LogP contribution is -2.28. The second kappa shape index (κ2) is 14.5. The first kappa shape index (κ1) is 34.1. The summed E-state index contributed by atoms with van der Waals surface area (Å²) >= 11 is 14.5. The fourth-order valence-electron chi connectivity index (χ4n) is 4.66. The van der Waals surface area contributed by atoms with Crippen LogP contribution in [0.25, 0.3) is 10.2 Å². The number of ketones is 1. The summed E-state index contributed by atoms with van der Waals surface area (Å²) in [5.41, 5.74) is 1.75. The molecule has 15 heteroatoms. The van der Waals surface area contributed by atoms with Crippen LogP contribution in [-0.2, 0) is 27.5 Å². The van der Waals surface area contributed by atoms with Crippen LogP contribution in [0.2, 0.25) is 10.0 Å². The highest BCUT2D eigenvalue weighted by molar-refractivity contribution is 7.20. The molecule has 1 aromatic carbocycles. The van der Waals surface area contributed by atoms with E-state index in [1.807, 2.05) is 0 Å². The highest BCUT2D eigenvalue weighted by atomic mass is 35.5. The molecule has 12 nitrogen and oxygen atoms in total. The number of carbonyl (C=O) groups excluding carboxylic acids is 2. The number of pyridine rings is 1. The number of aliphatic carboxylic acids is 2. The van der Waals surface area contributed by atoms with E-state index in [1.54, 1.807) is 12.1 Å². The molecule has 0 aliphatic carbocycles. The van der Waals surface area contributed by atoms with Crippen molar-refractivity contribution in [3.8, 4) is 23.1 Å². The molecule has 1 aliphatic heterocycles. The molecule has 2 atom stereocenters. The number of aromatic nitrogens is 1. The Balaban J connectivity index is 1.40. The van der Waals surface area contributed by atoms with Crippen LogP contribution in [-0.4, -0.2) is 71.2 Å². The third-order valence-corrected chi connectivity index (χ3v) is 9.19. The summed E-state index contributed by atoms with van der Waals surface area (Å²) < 4.78 is 23.4. The highest BCUT2D eigenvalue weighted by Gasteiger charge is 2.33. The van der Waals surface area contributed by atoms with Crippen LogP contribution in [0.15, 0.2) is 12.1 Å². The van der Waals surface area contributed by atoms with Crippen molar-refractivity contribution in [3.05, 3.63) is 38.2 Å². The molecule has 4 rings (SSSR count). The zero-order valence-corrected chi connectivity index (χ0v) is 27.3. The zero-order valence-electron chi connectivity index (χ0n) is 25.0. The van der Waals surface area contributed by atoms with Gasteiger partial charge in [0.05, 0.1) is 64.4 Å². The summed E-state index contributed by atoms with van der Waals surface area (Å²) in [6.07, 6.45) is 0.133. The number of methoxy groups -OCH3 is 2. The molecule has 0 fully saturated rings. The van der Waals surface area contributed by atoms with Gasteiger partial charge in [0.1, 0.15) is 0 Å². The Morgan fingerprint density at radius 2 is 1.51 bits per heavy atom. The number of hydrogen-bond donors (Lipinski definition) is 2. The van der Waals surface area contributed by atoms with E-state index in [1.165, 1.54) is 44.3 Å². The first-order valence-electron chi connectivity index (χ1n) is 13.9. The maximum Gasteiger partial charge on any atom is 0.306 e. The summed E-state index contributed by atoms with van der Waals surface area (Å²) in [5, 5.41) is 18.8. The van der Waals surface area contributed by atoms with E-state index in [-0.39, 0.29) is 78.3 Å². The second-order valence-electron chi connectivity index (χ2n) is 10.5. The molecule has 0 bridgehead atoms. The van der Waals surface area contributed by atoms with Gasteiger partial charge in [0.15, 0.2) is 23.0 Å². The fraction of sp³-hybridized carbons (Fsp3) is 0.433. The van der Waals surface area contributed by atoms with Crippen LogP contribution in [0, 0.1) is 11.8 Å². The number of nitrogens with zero attached hydrogens (tertiary/aromatic N) is 2. The quantitative estimate of drug-likeness (QED) is 0.149. The minimum absolute atomic E-state index is 0.116. The average molecular weight is 684 g/mol.